The fraction of sp³-hybridized carbons (Fsp3) is 0.118. The van der Waals surface area contributed by atoms with E-state index in [1.165, 1.54) is 12.1 Å². The Labute approximate surface area is 151 Å². The van der Waals surface area contributed by atoms with Gasteiger partial charge in [0.05, 0.1) is 16.7 Å². The lowest BCUT2D eigenvalue weighted by Gasteiger charge is -2.13. The smallest absolute Gasteiger partial charge is 0.159 e. The first-order valence-corrected chi connectivity index (χ1v) is 8.78. The number of benzene rings is 2. The number of alkyl halides is 1. The third-order valence-corrected chi connectivity index (χ3v) is 4.71. The molecule has 0 radical (unpaired) electrons. The van der Waals surface area contributed by atoms with Crippen molar-refractivity contribution in [3.63, 3.8) is 0 Å². The maximum Gasteiger partial charge on any atom is 0.159 e. The molecular weight excluding hydrogens is 395 g/mol. The highest BCUT2D eigenvalue weighted by Crippen LogP contribution is 2.29. The summed E-state index contributed by atoms with van der Waals surface area (Å²) in [6, 6.07) is 12.1. The lowest BCUT2D eigenvalue weighted by molar-refractivity contribution is 0.626. The number of nitrogens with zero attached hydrogens (tertiary/aromatic N) is 4. The number of hydrogen-bond acceptors (Lipinski definition) is 3. The quantitative estimate of drug-likeness (QED) is 0.596. The van der Waals surface area contributed by atoms with E-state index in [-0.39, 0.29) is 5.82 Å². The molecule has 1 aliphatic rings. The van der Waals surface area contributed by atoms with E-state index >= 15 is 0 Å². The van der Waals surface area contributed by atoms with Crippen molar-refractivity contribution in [1.29, 1.82) is 0 Å². The average Bonchev–Trinajstić information content (AvgIpc) is 2.93. The van der Waals surface area contributed by atoms with Gasteiger partial charge in [-0.05, 0) is 24.3 Å². The zero-order chi connectivity index (χ0) is 16.7. The molecule has 1 aliphatic heterocycles. The molecule has 2 heterocycles. The lowest BCUT2D eigenvalue weighted by Crippen LogP contribution is -2.09. The van der Waals surface area contributed by atoms with Crippen LogP contribution >= 0.6 is 27.5 Å². The normalized spacial score (nSPS) is 13.0. The summed E-state index contributed by atoms with van der Waals surface area (Å²) in [7, 11) is 0. The summed E-state index contributed by atoms with van der Waals surface area (Å²) in [6.07, 6.45) is 0. The fourth-order valence-corrected chi connectivity index (χ4v) is 3.42. The number of aliphatic imine (C=N–C) groups is 1. The van der Waals surface area contributed by atoms with E-state index in [0.29, 0.717) is 34.2 Å². The molecule has 24 heavy (non-hydrogen) atoms. The molecule has 0 N–H and O–H groups in total. The third-order valence-electron chi connectivity index (χ3n) is 3.88. The number of hydrogen-bond donors (Lipinski definition) is 0. The van der Waals surface area contributed by atoms with Crippen molar-refractivity contribution in [1.82, 2.24) is 14.8 Å². The Kier molecular flexibility index (Phi) is 3.94. The van der Waals surface area contributed by atoms with Gasteiger partial charge in [0, 0.05) is 16.1 Å². The largest absolute Gasteiger partial charge is 0.280 e. The molecular formula is C17H11BrClFN4. The van der Waals surface area contributed by atoms with Gasteiger partial charge in [-0.3, -0.25) is 9.56 Å². The van der Waals surface area contributed by atoms with Gasteiger partial charge in [0.1, 0.15) is 18.2 Å². The summed E-state index contributed by atoms with van der Waals surface area (Å²) in [4.78, 5) is 4.69. The van der Waals surface area contributed by atoms with Gasteiger partial charge >= 0.3 is 0 Å². The van der Waals surface area contributed by atoms with Gasteiger partial charge in [0.2, 0.25) is 0 Å². The highest BCUT2D eigenvalue weighted by Gasteiger charge is 2.23. The van der Waals surface area contributed by atoms with Crippen molar-refractivity contribution in [3.05, 3.63) is 76.1 Å². The van der Waals surface area contributed by atoms with Crippen molar-refractivity contribution in [2.75, 3.05) is 0 Å². The zero-order valence-electron chi connectivity index (χ0n) is 12.4. The van der Waals surface area contributed by atoms with Gasteiger partial charge in [-0.25, -0.2) is 4.39 Å². The van der Waals surface area contributed by atoms with Crippen LogP contribution in [-0.4, -0.2) is 20.5 Å². The molecule has 0 amide bonds. The molecule has 0 fully saturated rings. The van der Waals surface area contributed by atoms with Crippen LogP contribution < -0.4 is 0 Å². The van der Waals surface area contributed by atoms with E-state index in [1.807, 2.05) is 28.8 Å². The minimum absolute atomic E-state index is 0.325. The molecule has 0 atom stereocenters. The second-order valence-electron chi connectivity index (χ2n) is 5.31. The Balaban J connectivity index is 2.01. The molecule has 4 rings (SSSR count). The van der Waals surface area contributed by atoms with Crippen LogP contribution in [-0.2, 0) is 11.9 Å². The number of fused-ring (bicyclic) bond motifs is 3. The van der Waals surface area contributed by atoms with Gasteiger partial charge in [-0.15, -0.1) is 10.2 Å². The number of aromatic nitrogens is 3. The second-order valence-corrected chi connectivity index (χ2v) is 6.28. The van der Waals surface area contributed by atoms with E-state index in [2.05, 4.69) is 31.1 Å². The SMILES string of the molecule is Fc1ccc2c(c1)-n1c(CBr)nnc1CN=C2c1ccccc1Cl. The van der Waals surface area contributed by atoms with Crippen LogP contribution in [0.2, 0.25) is 5.02 Å². The van der Waals surface area contributed by atoms with Crippen molar-refractivity contribution >= 4 is 33.2 Å². The van der Waals surface area contributed by atoms with Crippen molar-refractivity contribution < 1.29 is 4.39 Å². The second kappa shape index (κ2) is 6.11. The number of halogens is 3. The predicted molar refractivity (Wildman–Crippen MR) is 94.7 cm³/mol. The molecule has 0 saturated carbocycles. The van der Waals surface area contributed by atoms with Gasteiger partial charge in [0.25, 0.3) is 0 Å². The van der Waals surface area contributed by atoms with Crippen LogP contribution in [0.25, 0.3) is 5.69 Å². The first-order valence-electron chi connectivity index (χ1n) is 7.28. The maximum atomic E-state index is 13.9. The van der Waals surface area contributed by atoms with E-state index in [4.69, 9.17) is 11.6 Å². The summed E-state index contributed by atoms with van der Waals surface area (Å²) in [6.45, 7) is 0.344. The van der Waals surface area contributed by atoms with Crippen LogP contribution in [0.3, 0.4) is 0 Å². The minimum atomic E-state index is -0.325. The Morgan fingerprint density at radius 1 is 1.12 bits per heavy atom. The van der Waals surface area contributed by atoms with Crippen LogP contribution in [0.15, 0.2) is 47.5 Å². The minimum Gasteiger partial charge on any atom is -0.280 e. The molecule has 120 valence electrons. The lowest BCUT2D eigenvalue weighted by atomic mass is 10.00. The molecule has 0 spiro atoms. The highest BCUT2D eigenvalue weighted by atomic mass is 79.9. The Hall–Kier alpha value is -2.05. The third kappa shape index (κ3) is 2.46. The van der Waals surface area contributed by atoms with Crippen LogP contribution in [0.4, 0.5) is 4.39 Å². The maximum absolute atomic E-state index is 13.9. The molecule has 4 nitrogen and oxygen atoms in total. The highest BCUT2D eigenvalue weighted by molar-refractivity contribution is 9.08. The van der Waals surface area contributed by atoms with Gasteiger partial charge in [-0.2, -0.15) is 0 Å². The van der Waals surface area contributed by atoms with Crippen molar-refractivity contribution in [2.45, 2.75) is 11.9 Å². The van der Waals surface area contributed by atoms with Crippen molar-refractivity contribution in [2.24, 2.45) is 4.99 Å². The first-order chi connectivity index (χ1) is 11.7. The average molecular weight is 406 g/mol. The Bertz CT molecular complexity index is 967. The molecule has 2 aromatic carbocycles. The standard InChI is InChI=1S/C17H11BrClFN4/c18-8-15-22-23-16-9-21-17(11-3-1-2-4-13(11)19)12-6-5-10(20)7-14(12)24(15)16/h1-7H,8-9H2. The topological polar surface area (TPSA) is 43.1 Å². The van der Waals surface area contributed by atoms with E-state index in [9.17, 15) is 4.39 Å². The summed E-state index contributed by atoms with van der Waals surface area (Å²) in [5.74, 6) is 1.04. The summed E-state index contributed by atoms with van der Waals surface area (Å²) in [5, 5.41) is 9.45. The predicted octanol–water partition coefficient (Wildman–Crippen LogP) is 4.31. The monoisotopic (exact) mass is 404 g/mol. The number of rotatable bonds is 2. The molecule has 1 aromatic heterocycles. The summed E-state index contributed by atoms with van der Waals surface area (Å²) < 4.78 is 15.8. The summed E-state index contributed by atoms with van der Waals surface area (Å²) in [5.41, 5.74) is 3.00. The Morgan fingerprint density at radius 3 is 2.75 bits per heavy atom. The van der Waals surface area contributed by atoms with Crippen LogP contribution in [0.1, 0.15) is 22.8 Å². The molecule has 0 unspecified atom stereocenters. The van der Waals surface area contributed by atoms with Crippen LogP contribution in [0, 0.1) is 5.82 Å². The van der Waals surface area contributed by atoms with E-state index in [1.54, 1.807) is 6.07 Å². The summed E-state index contributed by atoms with van der Waals surface area (Å²) >= 11 is 9.76. The van der Waals surface area contributed by atoms with Gasteiger partial charge in [0.15, 0.2) is 5.82 Å². The molecule has 0 aliphatic carbocycles. The molecule has 7 heteroatoms. The molecule has 0 bridgehead atoms. The van der Waals surface area contributed by atoms with Gasteiger partial charge in [-0.1, -0.05) is 45.7 Å². The zero-order valence-corrected chi connectivity index (χ0v) is 14.7. The van der Waals surface area contributed by atoms with Gasteiger partial charge < -0.3 is 0 Å². The van der Waals surface area contributed by atoms with Crippen molar-refractivity contribution in [3.8, 4) is 5.69 Å². The Morgan fingerprint density at radius 2 is 1.96 bits per heavy atom. The molecule has 0 saturated heterocycles. The van der Waals surface area contributed by atoms with Crippen LogP contribution in [0.5, 0.6) is 0 Å². The fourth-order valence-electron chi connectivity index (χ4n) is 2.83. The van der Waals surface area contributed by atoms with E-state index in [0.717, 1.165) is 16.8 Å². The molecule has 3 aromatic rings. The first kappa shape index (κ1) is 15.5. The van der Waals surface area contributed by atoms with E-state index < -0.39 is 0 Å².